The summed E-state index contributed by atoms with van der Waals surface area (Å²) in [5, 5.41) is 6.83. The minimum atomic E-state index is -2.82. The summed E-state index contributed by atoms with van der Waals surface area (Å²) in [5.74, 6) is -1.57. The zero-order valence-electron chi connectivity index (χ0n) is 16.2. The highest BCUT2D eigenvalue weighted by atomic mass is 32.1. The Morgan fingerprint density at radius 2 is 1.97 bits per heavy atom. The molecular formula is C19H17F4N5O2S. The molecule has 0 radical (unpaired) electrons. The molecule has 3 aromatic rings. The molecule has 0 bridgehead atoms. The van der Waals surface area contributed by atoms with Crippen molar-refractivity contribution in [2.24, 2.45) is 5.73 Å². The molecule has 3 aromatic heterocycles. The fraction of sp³-hybridized carbons (Fsp3) is 0.368. The lowest BCUT2D eigenvalue weighted by atomic mass is 10.0. The van der Waals surface area contributed by atoms with E-state index in [1.54, 1.807) is 0 Å². The number of primary amides is 1. The lowest BCUT2D eigenvalue weighted by molar-refractivity contribution is -0.117. The van der Waals surface area contributed by atoms with Crippen LogP contribution >= 0.6 is 11.3 Å². The van der Waals surface area contributed by atoms with Gasteiger partial charge in [-0.05, 0) is 43.4 Å². The molecule has 4 rings (SSSR count). The summed E-state index contributed by atoms with van der Waals surface area (Å²) in [7, 11) is 0. The highest BCUT2D eigenvalue weighted by molar-refractivity contribution is 7.21. The van der Waals surface area contributed by atoms with Crippen LogP contribution < -0.4 is 11.1 Å². The van der Waals surface area contributed by atoms with E-state index >= 15 is 0 Å². The molecule has 1 saturated carbocycles. The van der Waals surface area contributed by atoms with Crippen molar-refractivity contribution in [1.29, 1.82) is 0 Å². The number of hydrogen-bond acceptors (Lipinski definition) is 5. The average Bonchev–Trinajstić information content (AvgIpc) is 3.37. The molecule has 1 aliphatic carbocycles. The molecule has 164 valence electrons. The minimum Gasteiger partial charge on any atom is -0.365 e. The molecule has 0 aliphatic heterocycles. The second-order valence-electron chi connectivity index (χ2n) is 7.28. The van der Waals surface area contributed by atoms with Crippen LogP contribution in [0, 0.1) is 6.92 Å². The van der Waals surface area contributed by atoms with E-state index in [2.05, 4.69) is 15.4 Å². The van der Waals surface area contributed by atoms with Crippen molar-refractivity contribution in [3.63, 3.8) is 0 Å². The number of aromatic nitrogens is 3. The van der Waals surface area contributed by atoms with Gasteiger partial charge in [0.2, 0.25) is 5.91 Å². The van der Waals surface area contributed by atoms with E-state index in [0.29, 0.717) is 16.6 Å². The van der Waals surface area contributed by atoms with Crippen LogP contribution in [0.2, 0.25) is 0 Å². The lowest BCUT2D eigenvalue weighted by Gasteiger charge is -2.11. The maximum atomic E-state index is 13.3. The Balaban J connectivity index is 1.75. The number of halogens is 4. The van der Waals surface area contributed by atoms with Crippen molar-refractivity contribution >= 4 is 39.1 Å². The number of hydrogen-bond donors (Lipinski definition) is 2. The zero-order chi connectivity index (χ0) is 22.4. The van der Waals surface area contributed by atoms with E-state index in [1.807, 2.05) is 0 Å². The highest BCUT2D eigenvalue weighted by Crippen LogP contribution is 2.48. The number of pyridine rings is 1. The molecule has 3 N–H and O–H groups in total. The zero-order valence-corrected chi connectivity index (χ0v) is 17.0. The van der Waals surface area contributed by atoms with Gasteiger partial charge in [-0.1, -0.05) is 0 Å². The fourth-order valence-corrected chi connectivity index (χ4v) is 4.47. The Hall–Kier alpha value is -3.02. The van der Waals surface area contributed by atoms with Crippen molar-refractivity contribution in [1.82, 2.24) is 14.8 Å². The van der Waals surface area contributed by atoms with Gasteiger partial charge in [0.25, 0.3) is 18.8 Å². The predicted molar refractivity (Wildman–Crippen MR) is 106 cm³/mol. The second kappa shape index (κ2) is 7.91. The summed E-state index contributed by atoms with van der Waals surface area (Å²) in [6.07, 6.45) is -4.06. The highest BCUT2D eigenvalue weighted by Gasteiger charge is 2.32. The number of alkyl halides is 4. The third kappa shape index (κ3) is 4.11. The van der Waals surface area contributed by atoms with Crippen LogP contribution in [0.15, 0.2) is 12.1 Å². The number of carbonyl (C=O) groups is 2. The Bertz CT molecular complexity index is 1190. The number of rotatable bonds is 7. The Morgan fingerprint density at radius 1 is 1.26 bits per heavy atom. The third-order valence-corrected chi connectivity index (χ3v) is 5.99. The van der Waals surface area contributed by atoms with Crippen LogP contribution in [-0.4, -0.2) is 26.6 Å². The summed E-state index contributed by atoms with van der Waals surface area (Å²) < 4.78 is 53.8. The number of nitrogens with two attached hydrogens (primary N) is 1. The van der Waals surface area contributed by atoms with E-state index < -0.39 is 42.6 Å². The first kappa shape index (κ1) is 21.2. The van der Waals surface area contributed by atoms with Gasteiger partial charge in [-0.25, -0.2) is 22.5 Å². The molecule has 31 heavy (non-hydrogen) atoms. The van der Waals surface area contributed by atoms with Crippen LogP contribution in [0.1, 0.15) is 63.9 Å². The average molecular weight is 455 g/mol. The van der Waals surface area contributed by atoms with Gasteiger partial charge in [-0.2, -0.15) is 5.10 Å². The molecule has 0 atom stereocenters. The topological polar surface area (TPSA) is 103 Å². The first-order chi connectivity index (χ1) is 14.7. The number of nitrogens with zero attached hydrogens (tertiary/aromatic N) is 3. The van der Waals surface area contributed by atoms with Crippen LogP contribution in [0.5, 0.6) is 0 Å². The first-order valence-corrected chi connectivity index (χ1v) is 10.1. The standard InChI is InChI=1S/C19H17F4N5O2S/c1-7-4-11(17(22)23)28(27-7)6-12(29)26-14-13-9(8-2-3-8)5-10(16(20)21)25-19(13)31-15(14)18(24)30/h4-5,8,16-17H,2-3,6H2,1H3,(H2,24,30)(H,26,29). The van der Waals surface area contributed by atoms with E-state index in [9.17, 15) is 27.2 Å². The largest absolute Gasteiger partial charge is 0.365 e. The van der Waals surface area contributed by atoms with Gasteiger partial charge in [0, 0.05) is 5.39 Å². The van der Waals surface area contributed by atoms with E-state index in [4.69, 9.17) is 5.73 Å². The van der Waals surface area contributed by atoms with Gasteiger partial charge >= 0.3 is 0 Å². The Kier molecular flexibility index (Phi) is 5.42. The van der Waals surface area contributed by atoms with Crippen molar-refractivity contribution in [3.8, 4) is 0 Å². The molecular weight excluding hydrogens is 438 g/mol. The third-order valence-electron chi connectivity index (χ3n) is 4.89. The summed E-state index contributed by atoms with van der Waals surface area (Å²) in [6, 6.07) is 2.46. The van der Waals surface area contributed by atoms with E-state index in [-0.39, 0.29) is 21.3 Å². The molecule has 3 heterocycles. The number of anilines is 1. The number of fused-ring (bicyclic) bond motifs is 1. The molecule has 7 nitrogen and oxygen atoms in total. The molecule has 12 heteroatoms. The summed E-state index contributed by atoms with van der Waals surface area (Å²) >= 11 is 0.807. The van der Waals surface area contributed by atoms with Crippen LogP contribution in [0.4, 0.5) is 23.2 Å². The fourth-order valence-electron chi connectivity index (χ4n) is 3.45. The van der Waals surface area contributed by atoms with Crippen LogP contribution in [0.25, 0.3) is 10.2 Å². The van der Waals surface area contributed by atoms with Crippen LogP contribution in [-0.2, 0) is 11.3 Å². The van der Waals surface area contributed by atoms with Crippen LogP contribution in [0.3, 0.4) is 0 Å². The minimum absolute atomic E-state index is 0.00757. The Morgan fingerprint density at radius 3 is 2.55 bits per heavy atom. The van der Waals surface area contributed by atoms with Gasteiger partial charge in [-0.3, -0.25) is 14.3 Å². The second-order valence-corrected chi connectivity index (χ2v) is 8.28. The summed E-state index contributed by atoms with van der Waals surface area (Å²) in [6.45, 7) is 0.996. The van der Waals surface area contributed by atoms with Gasteiger partial charge in [0.1, 0.15) is 27.6 Å². The summed E-state index contributed by atoms with van der Waals surface area (Å²) in [4.78, 5) is 28.7. The smallest absolute Gasteiger partial charge is 0.280 e. The first-order valence-electron chi connectivity index (χ1n) is 9.33. The maximum absolute atomic E-state index is 13.3. The van der Waals surface area contributed by atoms with E-state index in [0.717, 1.165) is 28.9 Å². The molecule has 1 fully saturated rings. The number of aryl methyl sites for hydroxylation is 1. The predicted octanol–water partition coefficient (Wildman–Crippen LogP) is 4.29. The Labute approximate surface area is 177 Å². The van der Waals surface area contributed by atoms with Crippen molar-refractivity contribution in [2.45, 2.75) is 45.1 Å². The number of amides is 2. The van der Waals surface area contributed by atoms with Crippen molar-refractivity contribution in [3.05, 3.63) is 39.7 Å². The maximum Gasteiger partial charge on any atom is 0.280 e. The summed E-state index contributed by atoms with van der Waals surface area (Å²) in [5.41, 5.74) is 5.55. The van der Waals surface area contributed by atoms with E-state index in [1.165, 1.54) is 19.1 Å². The quantitative estimate of drug-likeness (QED) is 0.519. The molecule has 1 aliphatic rings. The lowest BCUT2D eigenvalue weighted by Crippen LogP contribution is -2.22. The number of thiophene rings is 1. The van der Waals surface area contributed by atoms with Gasteiger partial charge in [0.15, 0.2) is 0 Å². The number of nitrogens with one attached hydrogen (secondary N) is 1. The van der Waals surface area contributed by atoms with Gasteiger partial charge in [0.05, 0.1) is 11.4 Å². The van der Waals surface area contributed by atoms with Gasteiger partial charge in [-0.15, -0.1) is 11.3 Å². The van der Waals surface area contributed by atoms with Gasteiger partial charge < -0.3 is 11.1 Å². The molecule has 0 aromatic carbocycles. The van der Waals surface area contributed by atoms with Crippen molar-refractivity contribution < 1.29 is 27.2 Å². The monoisotopic (exact) mass is 455 g/mol. The molecule has 0 saturated heterocycles. The SMILES string of the molecule is Cc1cc(C(F)F)n(CC(=O)Nc2c(C(N)=O)sc3nc(C(F)F)cc(C4CC4)c23)n1. The molecule has 0 unspecified atom stereocenters. The van der Waals surface area contributed by atoms with Crippen molar-refractivity contribution in [2.75, 3.05) is 5.32 Å². The number of carbonyl (C=O) groups excluding carboxylic acids is 2. The molecule has 0 spiro atoms. The molecule has 2 amide bonds. The normalized spacial score (nSPS) is 14.0.